The highest BCUT2D eigenvalue weighted by Gasteiger charge is 2.07. The Morgan fingerprint density at radius 3 is 2.19 bits per heavy atom. The lowest BCUT2D eigenvalue weighted by Gasteiger charge is -2.04. The van der Waals surface area contributed by atoms with Gasteiger partial charge < -0.3 is 10.2 Å². The average Bonchev–Trinajstić information content (AvgIpc) is 2.25. The Labute approximate surface area is 92.8 Å². The maximum Gasteiger partial charge on any atom is 0.307 e. The molecule has 0 aliphatic heterocycles. The maximum absolute atomic E-state index is 10.6. The van der Waals surface area contributed by atoms with E-state index in [9.17, 15) is 9.59 Å². The van der Waals surface area contributed by atoms with Crippen LogP contribution in [0.25, 0.3) is 5.57 Å². The third-order valence-electron chi connectivity index (χ3n) is 2.01. The molecule has 0 fully saturated rings. The molecule has 2 N–H and O–H groups in total. The Hall–Kier alpha value is -2.10. The highest BCUT2D eigenvalue weighted by atomic mass is 16.4. The lowest BCUT2D eigenvalue weighted by Crippen LogP contribution is -1.99. The molecular formula is C12H12O4. The molecule has 16 heavy (non-hydrogen) atoms. The van der Waals surface area contributed by atoms with Gasteiger partial charge >= 0.3 is 11.9 Å². The van der Waals surface area contributed by atoms with Crippen LogP contribution in [0.3, 0.4) is 0 Å². The van der Waals surface area contributed by atoms with Gasteiger partial charge in [-0.3, -0.25) is 9.59 Å². The first-order chi connectivity index (χ1) is 7.59. The standard InChI is InChI=1S/C12H12O4/c13-11(14)7-6-10(8-12(15)16)9-4-2-1-3-5-9/h1-6H,7-8H2,(H,13,14)(H,15,16). The van der Waals surface area contributed by atoms with Crippen molar-refractivity contribution < 1.29 is 19.8 Å². The van der Waals surface area contributed by atoms with E-state index in [4.69, 9.17) is 10.2 Å². The summed E-state index contributed by atoms with van der Waals surface area (Å²) in [7, 11) is 0. The Kier molecular flexibility index (Phi) is 4.27. The van der Waals surface area contributed by atoms with Crippen molar-refractivity contribution in [2.24, 2.45) is 0 Å². The molecule has 0 saturated carbocycles. The van der Waals surface area contributed by atoms with Crippen molar-refractivity contribution in [3.63, 3.8) is 0 Å². The number of aliphatic carboxylic acids is 2. The van der Waals surface area contributed by atoms with E-state index in [1.807, 2.05) is 6.07 Å². The second-order valence-electron chi connectivity index (χ2n) is 3.26. The first-order valence-electron chi connectivity index (χ1n) is 4.77. The van der Waals surface area contributed by atoms with E-state index >= 15 is 0 Å². The van der Waals surface area contributed by atoms with Crippen LogP contribution in [0.2, 0.25) is 0 Å². The van der Waals surface area contributed by atoms with Crippen LogP contribution < -0.4 is 0 Å². The quantitative estimate of drug-likeness (QED) is 0.796. The third kappa shape index (κ3) is 3.96. The van der Waals surface area contributed by atoms with Gasteiger partial charge in [-0.15, -0.1) is 0 Å². The molecule has 0 radical (unpaired) electrons. The van der Waals surface area contributed by atoms with Gasteiger partial charge in [0, 0.05) is 0 Å². The summed E-state index contributed by atoms with van der Waals surface area (Å²) >= 11 is 0. The van der Waals surface area contributed by atoms with Crippen LogP contribution in [-0.2, 0) is 9.59 Å². The molecule has 84 valence electrons. The SMILES string of the molecule is O=C(O)CC=C(CC(=O)O)c1ccccc1. The van der Waals surface area contributed by atoms with Gasteiger partial charge in [0.05, 0.1) is 12.8 Å². The van der Waals surface area contributed by atoms with Gasteiger partial charge in [-0.2, -0.15) is 0 Å². The Morgan fingerprint density at radius 1 is 1.06 bits per heavy atom. The minimum absolute atomic E-state index is 0.169. The largest absolute Gasteiger partial charge is 0.481 e. The molecule has 1 rings (SSSR count). The van der Waals surface area contributed by atoms with Crippen molar-refractivity contribution in [3.8, 4) is 0 Å². The van der Waals surface area contributed by atoms with Crippen molar-refractivity contribution in [2.45, 2.75) is 12.8 Å². The van der Waals surface area contributed by atoms with E-state index in [1.54, 1.807) is 24.3 Å². The fraction of sp³-hybridized carbons (Fsp3) is 0.167. The summed E-state index contributed by atoms with van der Waals surface area (Å²) < 4.78 is 0. The summed E-state index contributed by atoms with van der Waals surface area (Å²) in [6.45, 7) is 0. The number of rotatable bonds is 5. The van der Waals surface area contributed by atoms with Crippen LogP contribution in [0.5, 0.6) is 0 Å². The lowest BCUT2D eigenvalue weighted by atomic mass is 10.0. The lowest BCUT2D eigenvalue weighted by molar-refractivity contribution is -0.137. The summed E-state index contributed by atoms with van der Waals surface area (Å²) in [4.78, 5) is 21.1. The van der Waals surface area contributed by atoms with Crippen LogP contribution in [-0.4, -0.2) is 22.2 Å². The number of carboxylic acid groups (broad SMARTS) is 2. The predicted octanol–water partition coefficient (Wildman–Crippen LogP) is 2.02. The van der Waals surface area contributed by atoms with E-state index in [2.05, 4.69) is 0 Å². The van der Waals surface area contributed by atoms with Crippen LogP contribution >= 0.6 is 0 Å². The molecule has 0 heterocycles. The number of carbonyl (C=O) groups is 2. The molecule has 0 saturated heterocycles. The smallest absolute Gasteiger partial charge is 0.307 e. The van der Waals surface area contributed by atoms with Crippen molar-refractivity contribution in [1.29, 1.82) is 0 Å². The second kappa shape index (κ2) is 5.70. The molecule has 0 aliphatic rings. The first kappa shape index (κ1) is 12.0. The molecule has 1 aromatic rings. The molecule has 0 unspecified atom stereocenters. The van der Waals surface area contributed by atoms with Gasteiger partial charge in [-0.25, -0.2) is 0 Å². The molecule has 0 aliphatic carbocycles. The molecule has 0 spiro atoms. The normalized spacial score (nSPS) is 11.1. The number of benzene rings is 1. The second-order valence-corrected chi connectivity index (χ2v) is 3.26. The van der Waals surface area contributed by atoms with E-state index in [0.29, 0.717) is 5.57 Å². The van der Waals surface area contributed by atoms with Crippen molar-refractivity contribution >= 4 is 17.5 Å². The highest BCUT2D eigenvalue weighted by molar-refractivity contribution is 5.85. The number of hydrogen-bond acceptors (Lipinski definition) is 2. The van der Waals surface area contributed by atoms with Gasteiger partial charge in [-0.1, -0.05) is 36.4 Å². The van der Waals surface area contributed by atoms with Gasteiger partial charge in [0.2, 0.25) is 0 Å². The number of hydrogen-bond donors (Lipinski definition) is 2. The summed E-state index contributed by atoms with van der Waals surface area (Å²) in [6, 6.07) is 8.91. The predicted molar refractivity (Wildman–Crippen MR) is 58.9 cm³/mol. The number of carboxylic acids is 2. The molecule has 0 aromatic heterocycles. The Balaban J connectivity index is 2.91. The van der Waals surface area contributed by atoms with Crippen LogP contribution in [0.15, 0.2) is 36.4 Å². The van der Waals surface area contributed by atoms with E-state index in [0.717, 1.165) is 5.56 Å². The highest BCUT2D eigenvalue weighted by Crippen LogP contribution is 2.18. The summed E-state index contributed by atoms with van der Waals surface area (Å²) in [6.07, 6.45) is 1.10. The molecule has 1 aromatic carbocycles. The van der Waals surface area contributed by atoms with Crippen molar-refractivity contribution in [1.82, 2.24) is 0 Å². The summed E-state index contributed by atoms with van der Waals surface area (Å²) in [5, 5.41) is 17.3. The summed E-state index contributed by atoms with van der Waals surface area (Å²) in [5.41, 5.74) is 1.27. The van der Waals surface area contributed by atoms with E-state index in [-0.39, 0.29) is 12.8 Å². The zero-order valence-corrected chi connectivity index (χ0v) is 8.59. The van der Waals surface area contributed by atoms with Crippen LogP contribution in [0, 0.1) is 0 Å². The first-order valence-corrected chi connectivity index (χ1v) is 4.77. The minimum Gasteiger partial charge on any atom is -0.481 e. The molecular weight excluding hydrogens is 208 g/mol. The summed E-state index contributed by atoms with van der Waals surface area (Å²) in [5.74, 6) is -1.95. The Bertz CT molecular complexity index is 406. The average molecular weight is 220 g/mol. The van der Waals surface area contributed by atoms with Crippen molar-refractivity contribution in [2.75, 3.05) is 0 Å². The van der Waals surface area contributed by atoms with Crippen LogP contribution in [0.4, 0.5) is 0 Å². The van der Waals surface area contributed by atoms with Gasteiger partial charge in [0.1, 0.15) is 0 Å². The Morgan fingerprint density at radius 2 is 1.69 bits per heavy atom. The molecule has 4 nitrogen and oxygen atoms in total. The minimum atomic E-state index is -0.973. The van der Waals surface area contributed by atoms with Gasteiger partial charge in [0.15, 0.2) is 0 Å². The molecule has 0 bridgehead atoms. The zero-order valence-electron chi connectivity index (χ0n) is 8.59. The monoisotopic (exact) mass is 220 g/mol. The van der Waals surface area contributed by atoms with Crippen LogP contribution in [0.1, 0.15) is 18.4 Å². The van der Waals surface area contributed by atoms with E-state index in [1.165, 1.54) is 6.08 Å². The van der Waals surface area contributed by atoms with Gasteiger partial charge in [0.25, 0.3) is 0 Å². The fourth-order valence-electron chi connectivity index (χ4n) is 1.32. The molecule has 0 atom stereocenters. The molecule has 4 heteroatoms. The van der Waals surface area contributed by atoms with Gasteiger partial charge in [-0.05, 0) is 11.1 Å². The third-order valence-corrected chi connectivity index (χ3v) is 2.01. The maximum atomic E-state index is 10.6. The fourth-order valence-corrected chi connectivity index (χ4v) is 1.32. The molecule has 0 amide bonds. The van der Waals surface area contributed by atoms with Crippen molar-refractivity contribution in [3.05, 3.63) is 42.0 Å². The van der Waals surface area contributed by atoms with E-state index < -0.39 is 11.9 Å². The zero-order chi connectivity index (χ0) is 12.0. The topological polar surface area (TPSA) is 74.6 Å².